The van der Waals surface area contributed by atoms with Gasteiger partial charge in [-0.25, -0.2) is 22.0 Å². The van der Waals surface area contributed by atoms with Crippen molar-refractivity contribution in [1.82, 2.24) is 19.8 Å². The van der Waals surface area contributed by atoms with Gasteiger partial charge < -0.3 is 5.32 Å². The van der Waals surface area contributed by atoms with Crippen molar-refractivity contribution in [3.63, 3.8) is 0 Å². The van der Waals surface area contributed by atoms with E-state index in [2.05, 4.69) is 16.7 Å². The van der Waals surface area contributed by atoms with Crippen molar-refractivity contribution in [3.05, 3.63) is 41.5 Å². The average Bonchev–Trinajstić information content (AvgIpc) is 2.76. The van der Waals surface area contributed by atoms with Crippen LogP contribution in [0.15, 0.2) is 34.7 Å². The number of nitrogens with one attached hydrogen (secondary N) is 2. The highest BCUT2D eigenvalue weighted by Crippen LogP contribution is 2.20. The van der Waals surface area contributed by atoms with E-state index in [0.717, 1.165) is 31.4 Å². The molecule has 8 nitrogen and oxygen atoms in total. The fourth-order valence-corrected chi connectivity index (χ4v) is 5.23. The lowest BCUT2D eigenvalue weighted by molar-refractivity contribution is -0.121. The number of halogens is 2. The van der Waals surface area contributed by atoms with Gasteiger partial charge in [0.05, 0.1) is 11.4 Å². The number of hydrogen-bond acceptors (Lipinski definition) is 5. The molecule has 2 N–H and O–H groups in total. The van der Waals surface area contributed by atoms with E-state index >= 15 is 0 Å². The Balaban J connectivity index is 1.40. The maximum Gasteiger partial charge on any atom is 0.321 e. The lowest BCUT2D eigenvalue weighted by Crippen LogP contribution is -2.52. The van der Waals surface area contributed by atoms with Gasteiger partial charge in [-0.15, -0.1) is 0 Å². The van der Waals surface area contributed by atoms with E-state index in [1.807, 2.05) is 0 Å². The van der Waals surface area contributed by atoms with Crippen LogP contribution < -0.4 is 10.6 Å². The molecule has 3 rings (SSSR count). The first-order valence-electron chi connectivity index (χ1n) is 10.7. The third kappa shape index (κ3) is 6.57. The second kappa shape index (κ2) is 11.0. The SMILES string of the molecule is O=C(CN1CCN(S(=O)(=O)c2ccc(F)c(F)c2)CC1)NC(=O)NCCC1=CCCCC1. The first-order valence-corrected chi connectivity index (χ1v) is 12.1. The first kappa shape index (κ1) is 24.3. The number of nitrogens with zero attached hydrogens (tertiary/aromatic N) is 2. The van der Waals surface area contributed by atoms with Gasteiger partial charge in [0.2, 0.25) is 15.9 Å². The van der Waals surface area contributed by atoms with Gasteiger partial charge in [0.15, 0.2) is 11.6 Å². The molecule has 1 fully saturated rings. The van der Waals surface area contributed by atoms with Crippen molar-refractivity contribution >= 4 is 22.0 Å². The fraction of sp³-hybridized carbons (Fsp3) is 0.524. The van der Waals surface area contributed by atoms with Crippen LogP contribution in [0.3, 0.4) is 0 Å². The zero-order valence-corrected chi connectivity index (χ0v) is 18.6. The second-order valence-corrected chi connectivity index (χ2v) is 9.86. The highest BCUT2D eigenvalue weighted by atomic mass is 32.2. The summed E-state index contributed by atoms with van der Waals surface area (Å²) >= 11 is 0. The topological polar surface area (TPSA) is 98.8 Å². The molecule has 1 aromatic carbocycles. The molecular formula is C21H28F2N4O4S. The number of benzene rings is 1. The summed E-state index contributed by atoms with van der Waals surface area (Å²) in [6.07, 6.45) is 7.49. The van der Waals surface area contributed by atoms with Gasteiger partial charge in [-0.05, 0) is 50.3 Å². The summed E-state index contributed by atoms with van der Waals surface area (Å²) in [6.45, 7) is 1.15. The molecular weight excluding hydrogens is 442 g/mol. The number of urea groups is 1. The van der Waals surface area contributed by atoms with Crippen molar-refractivity contribution in [2.24, 2.45) is 0 Å². The molecule has 2 aliphatic rings. The van der Waals surface area contributed by atoms with Gasteiger partial charge in [0, 0.05) is 32.7 Å². The molecule has 0 bridgehead atoms. The summed E-state index contributed by atoms with van der Waals surface area (Å²) in [5.41, 5.74) is 1.33. The molecule has 1 heterocycles. The second-order valence-electron chi connectivity index (χ2n) is 7.92. The lowest BCUT2D eigenvalue weighted by Gasteiger charge is -2.33. The van der Waals surface area contributed by atoms with Crippen LogP contribution in [0.4, 0.5) is 13.6 Å². The summed E-state index contributed by atoms with van der Waals surface area (Å²) in [6, 6.07) is 1.91. The molecule has 0 spiro atoms. The summed E-state index contributed by atoms with van der Waals surface area (Å²) in [4.78, 5) is 25.4. The van der Waals surface area contributed by atoms with Crippen LogP contribution in [0, 0.1) is 11.6 Å². The summed E-state index contributed by atoms with van der Waals surface area (Å²) in [5, 5.41) is 4.96. The number of rotatable bonds is 7. The minimum atomic E-state index is -3.96. The van der Waals surface area contributed by atoms with Crippen LogP contribution in [-0.4, -0.2) is 68.8 Å². The normalized spacial score (nSPS) is 18.1. The highest BCUT2D eigenvalue weighted by Gasteiger charge is 2.29. The number of amides is 3. The third-order valence-corrected chi connectivity index (χ3v) is 7.49. The van der Waals surface area contributed by atoms with Crippen LogP contribution in [0.5, 0.6) is 0 Å². The molecule has 1 aromatic rings. The molecule has 11 heteroatoms. The van der Waals surface area contributed by atoms with Crippen LogP contribution in [-0.2, 0) is 14.8 Å². The molecule has 32 heavy (non-hydrogen) atoms. The van der Waals surface area contributed by atoms with Crippen LogP contribution in [0.2, 0.25) is 0 Å². The molecule has 0 unspecified atom stereocenters. The smallest absolute Gasteiger partial charge is 0.321 e. The number of carbonyl (C=O) groups is 2. The minimum absolute atomic E-state index is 0.0440. The first-order chi connectivity index (χ1) is 15.3. The quantitative estimate of drug-likeness (QED) is 0.594. The number of allylic oxidation sites excluding steroid dienone is 1. The molecule has 0 atom stereocenters. The van der Waals surface area contributed by atoms with Gasteiger partial charge in [-0.2, -0.15) is 4.31 Å². The monoisotopic (exact) mass is 470 g/mol. The Labute approximate surface area is 186 Å². The van der Waals surface area contributed by atoms with E-state index in [9.17, 15) is 26.8 Å². The van der Waals surface area contributed by atoms with Crippen LogP contribution in [0.25, 0.3) is 0 Å². The molecule has 0 saturated carbocycles. The largest absolute Gasteiger partial charge is 0.337 e. The third-order valence-electron chi connectivity index (χ3n) is 5.60. The molecule has 1 aliphatic heterocycles. The lowest BCUT2D eigenvalue weighted by atomic mass is 9.97. The molecule has 1 saturated heterocycles. The number of imide groups is 1. The Morgan fingerprint density at radius 1 is 1.03 bits per heavy atom. The van der Waals surface area contributed by atoms with Crippen molar-refractivity contribution in [3.8, 4) is 0 Å². The van der Waals surface area contributed by atoms with E-state index in [4.69, 9.17) is 0 Å². The molecule has 1 aliphatic carbocycles. The van der Waals surface area contributed by atoms with Crippen molar-refractivity contribution < 1.29 is 26.8 Å². The molecule has 3 amide bonds. The number of piperazine rings is 1. The van der Waals surface area contributed by atoms with E-state index < -0.39 is 33.6 Å². The maximum absolute atomic E-state index is 13.4. The van der Waals surface area contributed by atoms with Gasteiger partial charge in [0.25, 0.3) is 0 Å². The van der Waals surface area contributed by atoms with E-state index in [0.29, 0.717) is 12.6 Å². The predicted octanol–water partition coefficient (Wildman–Crippen LogP) is 1.99. The Kier molecular flexibility index (Phi) is 8.32. The van der Waals surface area contributed by atoms with Crippen LogP contribution in [0.1, 0.15) is 32.1 Å². The average molecular weight is 471 g/mol. The van der Waals surface area contributed by atoms with Crippen molar-refractivity contribution in [2.75, 3.05) is 39.3 Å². The number of sulfonamides is 1. The molecule has 176 valence electrons. The standard InChI is InChI=1S/C21H28F2N4O4S/c22-18-7-6-17(14-19(18)23)32(30,31)27-12-10-26(11-13-27)15-20(28)25-21(29)24-9-8-16-4-2-1-3-5-16/h4,6-7,14H,1-3,5,8-13,15H2,(H2,24,25,28,29). The Morgan fingerprint density at radius 2 is 1.78 bits per heavy atom. The minimum Gasteiger partial charge on any atom is -0.337 e. The van der Waals surface area contributed by atoms with Crippen molar-refractivity contribution in [1.29, 1.82) is 0 Å². The maximum atomic E-state index is 13.4. The Hall–Kier alpha value is -2.37. The van der Waals surface area contributed by atoms with Gasteiger partial charge >= 0.3 is 6.03 Å². The predicted molar refractivity (Wildman–Crippen MR) is 114 cm³/mol. The van der Waals surface area contributed by atoms with Gasteiger partial charge in [-0.1, -0.05) is 11.6 Å². The Bertz CT molecular complexity index is 976. The van der Waals surface area contributed by atoms with E-state index in [1.165, 1.54) is 22.7 Å². The number of hydrogen-bond donors (Lipinski definition) is 2. The van der Waals surface area contributed by atoms with Crippen LogP contribution >= 0.6 is 0 Å². The summed E-state index contributed by atoms with van der Waals surface area (Å²) in [5.74, 6) is -2.82. The zero-order valence-electron chi connectivity index (χ0n) is 17.8. The van der Waals surface area contributed by atoms with E-state index in [-0.39, 0.29) is 37.6 Å². The fourth-order valence-electron chi connectivity index (χ4n) is 3.80. The Morgan fingerprint density at radius 3 is 2.44 bits per heavy atom. The van der Waals surface area contributed by atoms with Crippen molar-refractivity contribution in [2.45, 2.75) is 37.0 Å². The van der Waals surface area contributed by atoms with E-state index in [1.54, 1.807) is 4.90 Å². The molecule has 0 radical (unpaired) electrons. The van der Waals surface area contributed by atoms with Gasteiger partial charge in [-0.3, -0.25) is 15.0 Å². The highest BCUT2D eigenvalue weighted by molar-refractivity contribution is 7.89. The number of carbonyl (C=O) groups excluding carboxylic acids is 2. The zero-order chi connectivity index (χ0) is 23.1. The summed E-state index contributed by atoms with van der Waals surface area (Å²) < 4.78 is 52.9. The molecule has 0 aromatic heterocycles. The summed E-state index contributed by atoms with van der Waals surface area (Å²) in [7, 11) is -3.96. The van der Waals surface area contributed by atoms with Gasteiger partial charge in [0.1, 0.15) is 0 Å².